The van der Waals surface area contributed by atoms with E-state index in [0.29, 0.717) is 11.5 Å². The Bertz CT molecular complexity index is 715. The number of benzene rings is 1. The van der Waals surface area contributed by atoms with Crippen molar-refractivity contribution in [3.8, 4) is 11.5 Å². The third-order valence-corrected chi connectivity index (χ3v) is 5.67. The van der Waals surface area contributed by atoms with E-state index in [1.165, 1.54) is 19.3 Å². The van der Waals surface area contributed by atoms with Crippen LogP contribution >= 0.6 is 0 Å². The highest BCUT2D eigenvalue weighted by molar-refractivity contribution is 5.70. The van der Waals surface area contributed by atoms with Crippen molar-refractivity contribution in [1.29, 1.82) is 0 Å². The normalized spacial score (nSPS) is 18.2. The van der Waals surface area contributed by atoms with Crippen LogP contribution in [0.4, 0.5) is 5.69 Å². The fraction of sp³-hybridized carbons (Fsp3) is 0.619. The van der Waals surface area contributed by atoms with Crippen molar-refractivity contribution in [2.75, 3.05) is 63.9 Å². The Hall–Kier alpha value is -2.52. The molecule has 30 heavy (non-hydrogen) atoms. The van der Waals surface area contributed by atoms with Crippen LogP contribution in [0.25, 0.3) is 0 Å². The highest BCUT2D eigenvalue weighted by Gasteiger charge is 2.22. The maximum Gasteiger partial charge on any atom is 0.341 e. The number of piperidine rings is 1. The Labute approximate surface area is 176 Å². The van der Waals surface area contributed by atoms with E-state index in [9.17, 15) is 9.59 Å². The minimum atomic E-state index is -1.08. The van der Waals surface area contributed by atoms with Gasteiger partial charge >= 0.3 is 11.9 Å². The van der Waals surface area contributed by atoms with Crippen molar-refractivity contribution in [2.24, 2.45) is 5.92 Å². The van der Waals surface area contributed by atoms with Gasteiger partial charge in [0.05, 0.1) is 5.69 Å². The van der Waals surface area contributed by atoms with Crippen molar-refractivity contribution < 1.29 is 29.3 Å². The second-order valence-electron chi connectivity index (χ2n) is 7.81. The zero-order valence-electron chi connectivity index (χ0n) is 17.2. The summed E-state index contributed by atoms with van der Waals surface area (Å²) < 4.78 is 10.7. The van der Waals surface area contributed by atoms with Crippen molar-refractivity contribution in [1.82, 2.24) is 10.2 Å². The van der Waals surface area contributed by atoms with Crippen LogP contribution in [-0.2, 0) is 9.59 Å². The molecule has 1 aromatic carbocycles. The quantitative estimate of drug-likeness (QED) is 0.512. The fourth-order valence-corrected chi connectivity index (χ4v) is 3.99. The lowest BCUT2D eigenvalue weighted by Gasteiger charge is -2.37. The highest BCUT2D eigenvalue weighted by Crippen LogP contribution is 2.33. The molecule has 0 bridgehead atoms. The molecule has 0 amide bonds. The molecule has 2 fully saturated rings. The second kappa shape index (κ2) is 11.0. The number of hydrogen-bond acceptors (Lipinski definition) is 7. The molecule has 3 rings (SSSR count). The lowest BCUT2D eigenvalue weighted by Crippen LogP contribution is -2.47. The van der Waals surface area contributed by atoms with Crippen molar-refractivity contribution in [3.63, 3.8) is 0 Å². The van der Waals surface area contributed by atoms with Gasteiger partial charge < -0.3 is 29.9 Å². The number of hydrogen-bond donors (Lipinski definition) is 3. The number of carboxylic acid groups (broad SMARTS) is 2. The summed E-state index contributed by atoms with van der Waals surface area (Å²) in [6.45, 7) is 5.98. The molecule has 2 aliphatic heterocycles. The molecule has 0 unspecified atom stereocenters. The molecule has 2 aliphatic rings. The Morgan fingerprint density at radius 1 is 1.00 bits per heavy atom. The Morgan fingerprint density at radius 2 is 1.67 bits per heavy atom. The number of anilines is 1. The van der Waals surface area contributed by atoms with Crippen molar-refractivity contribution >= 4 is 17.6 Å². The van der Waals surface area contributed by atoms with Gasteiger partial charge in [0, 0.05) is 32.2 Å². The van der Waals surface area contributed by atoms with Gasteiger partial charge in [-0.15, -0.1) is 0 Å². The van der Waals surface area contributed by atoms with Crippen LogP contribution in [0.15, 0.2) is 18.2 Å². The number of carboxylic acids is 2. The fourth-order valence-electron chi connectivity index (χ4n) is 3.99. The Balaban J connectivity index is 1.57. The predicted octanol–water partition coefficient (Wildman–Crippen LogP) is 1.13. The zero-order valence-corrected chi connectivity index (χ0v) is 17.2. The number of nitrogens with one attached hydrogen (secondary N) is 1. The molecular weight excluding hydrogens is 390 g/mol. The highest BCUT2D eigenvalue weighted by atomic mass is 16.5. The van der Waals surface area contributed by atoms with Gasteiger partial charge in [0.2, 0.25) is 0 Å². The second-order valence-corrected chi connectivity index (χ2v) is 7.81. The summed E-state index contributed by atoms with van der Waals surface area (Å²) in [6, 6.07) is 5.05. The zero-order chi connectivity index (χ0) is 21.3. The summed E-state index contributed by atoms with van der Waals surface area (Å²) in [7, 11) is 0. The molecule has 2 heterocycles. The molecule has 9 heteroatoms. The molecule has 0 aromatic heterocycles. The van der Waals surface area contributed by atoms with Gasteiger partial charge in [-0.25, -0.2) is 9.59 Å². The summed E-state index contributed by atoms with van der Waals surface area (Å²) in [4.78, 5) is 26.3. The minimum Gasteiger partial charge on any atom is -0.482 e. The molecule has 0 radical (unpaired) electrons. The first kappa shape index (κ1) is 22.2. The van der Waals surface area contributed by atoms with E-state index in [4.69, 9.17) is 19.7 Å². The number of ether oxygens (including phenoxy) is 2. The molecule has 0 spiro atoms. The topological polar surface area (TPSA) is 112 Å². The summed E-state index contributed by atoms with van der Waals surface area (Å²) in [5.41, 5.74) is 0.803. The molecule has 2 saturated heterocycles. The van der Waals surface area contributed by atoms with E-state index in [2.05, 4.69) is 15.1 Å². The van der Waals surface area contributed by atoms with Gasteiger partial charge in [-0.3, -0.25) is 4.90 Å². The lowest BCUT2D eigenvalue weighted by molar-refractivity contribution is -0.140. The Kier molecular flexibility index (Phi) is 8.15. The third kappa shape index (κ3) is 6.77. The molecule has 9 nitrogen and oxygen atoms in total. The summed E-state index contributed by atoms with van der Waals surface area (Å²) in [5.74, 6) is -0.600. The average Bonchev–Trinajstić information content (AvgIpc) is 2.76. The standard InChI is InChI=1S/C21H31N3O6/c25-20(26)14-29-17-1-2-18(19(13-17)30-15-21(27)28)24-11-9-23(10-12-24)8-5-16-3-6-22-7-4-16/h1-2,13,16,22H,3-12,14-15H2,(H,25,26)(H,27,28). The largest absolute Gasteiger partial charge is 0.482 e. The van der Waals surface area contributed by atoms with E-state index in [-0.39, 0.29) is 0 Å². The number of carbonyl (C=O) groups is 2. The first-order valence-corrected chi connectivity index (χ1v) is 10.5. The van der Waals surface area contributed by atoms with Gasteiger partial charge in [0.1, 0.15) is 11.5 Å². The average molecular weight is 421 g/mol. The van der Waals surface area contributed by atoms with Gasteiger partial charge in [0.15, 0.2) is 13.2 Å². The minimum absolute atomic E-state index is 0.335. The van der Waals surface area contributed by atoms with Crippen LogP contribution in [0, 0.1) is 5.92 Å². The molecule has 166 valence electrons. The van der Waals surface area contributed by atoms with E-state index in [1.807, 2.05) is 0 Å². The number of piperazine rings is 1. The Morgan fingerprint density at radius 3 is 2.33 bits per heavy atom. The van der Waals surface area contributed by atoms with Gasteiger partial charge in [-0.1, -0.05) is 0 Å². The van der Waals surface area contributed by atoms with Crippen LogP contribution in [0.2, 0.25) is 0 Å². The van der Waals surface area contributed by atoms with Gasteiger partial charge in [-0.2, -0.15) is 0 Å². The number of aliphatic carboxylic acids is 2. The number of nitrogens with zero attached hydrogens (tertiary/aromatic N) is 2. The molecule has 1 aromatic rings. The number of rotatable bonds is 10. The van der Waals surface area contributed by atoms with Crippen LogP contribution in [0.3, 0.4) is 0 Å². The first-order valence-electron chi connectivity index (χ1n) is 10.5. The molecule has 3 N–H and O–H groups in total. The first-order chi connectivity index (χ1) is 14.5. The van der Waals surface area contributed by atoms with Crippen LogP contribution in [0.1, 0.15) is 19.3 Å². The maximum atomic E-state index is 10.9. The third-order valence-electron chi connectivity index (χ3n) is 5.67. The lowest BCUT2D eigenvalue weighted by atomic mass is 9.94. The van der Waals surface area contributed by atoms with Gasteiger partial charge in [0.25, 0.3) is 0 Å². The van der Waals surface area contributed by atoms with Crippen molar-refractivity contribution in [2.45, 2.75) is 19.3 Å². The van der Waals surface area contributed by atoms with Crippen LogP contribution < -0.4 is 19.7 Å². The van der Waals surface area contributed by atoms with Gasteiger partial charge in [-0.05, 0) is 56.9 Å². The van der Waals surface area contributed by atoms with Crippen LogP contribution in [0.5, 0.6) is 11.5 Å². The molecule has 0 saturated carbocycles. The maximum absolute atomic E-state index is 10.9. The predicted molar refractivity (Wildman–Crippen MR) is 112 cm³/mol. The monoisotopic (exact) mass is 421 g/mol. The SMILES string of the molecule is O=C(O)COc1ccc(N2CCN(CCC3CCNCC3)CC2)c(OCC(=O)O)c1. The molecule has 0 aliphatic carbocycles. The summed E-state index contributed by atoms with van der Waals surface area (Å²) in [6.07, 6.45) is 3.77. The van der Waals surface area contributed by atoms with E-state index >= 15 is 0 Å². The summed E-state index contributed by atoms with van der Waals surface area (Å²) >= 11 is 0. The van der Waals surface area contributed by atoms with Crippen molar-refractivity contribution in [3.05, 3.63) is 18.2 Å². The smallest absolute Gasteiger partial charge is 0.341 e. The molecule has 0 atom stereocenters. The molecular formula is C21H31N3O6. The van der Waals surface area contributed by atoms with E-state index in [0.717, 1.165) is 57.4 Å². The van der Waals surface area contributed by atoms with E-state index in [1.54, 1.807) is 18.2 Å². The van der Waals surface area contributed by atoms with E-state index < -0.39 is 25.2 Å². The van der Waals surface area contributed by atoms with Crippen LogP contribution in [-0.4, -0.2) is 86.1 Å². The summed E-state index contributed by atoms with van der Waals surface area (Å²) in [5, 5.41) is 21.2.